The lowest BCUT2D eigenvalue weighted by Crippen LogP contribution is -2.38. The van der Waals surface area contributed by atoms with E-state index >= 15 is 0 Å². The van der Waals surface area contributed by atoms with Gasteiger partial charge in [-0.25, -0.2) is 17.8 Å². The quantitative estimate of drug-likeness (QED) is 0.792. The van der Waals surface area contributed by atoms with Gasteiger partial charge >= 0.3 is 5.97 Å². The number of ether oxygens (including phenoxy) is 1. The zero-order valence-electron chi connectivity index (χ0n) is 14.3. The molecule has 2 aromatic rings. The van der Waals surface area contributed by atoms with E-state index in [4.69, 9.17) is 9.84 Å². The zero-order valence-corrected chi connectivity index (χ0v) is 15.1. The average molecular weight is 379 g/mol. The molecule has 1 heterocycles. The number of aromatic nitrogens is 2. The molecule has 1 aromatic carbocycles. The lowest BCUT2D eigenvalue weighted by molar-refractivity contribution is -0.142. The van der Waals surface area contributed by atoms with Crippen molar-refractivity contribution in [3.05, 3.63) is 36.7 Å². The predicted octanol–water partition coefficient (Wildman–Crippen LogP) is 1.80. The van der Waals surface area contributed by atoms with Gasteiger partial charge < -0.3 is 9.84 Å². The molecule has 2 N–H and O–H groups in total. The summed E-state index contributed by atoms with van der Waals surface area (Å²) in [6.07, 6.45) is 4.69. The van der Waals surface area contributed by atoms with Crippen LogP contribution < -0.4 is 9.46 Å². The summed E-state index contributed by atoms with van der Waals surface area (Å²) in [4.78, 5) is 11.1. The molecule has 0 atom stereocenters. The first-order valence-electron chi connectivity index (χ1n) is 8.34. The Bertz CT molecular complexity index is 885. The van der Waals surface area contributed by atoms with Crippen LogP contribution in [0.5, 0.6) is 5.75 Å². The highest BCUT2D eigenvalue weighted by atomic mass is 32.2. The van der Waals surface area contributed by atoms with Gasteiger partial charge in [-0.2, -0.15) is 5.10 Å². The number of aliphatic carboxylic acids is 1. The van der Waals surface area contributed by atoms with E-state index in [0.29, 0.717) is 37.1 Å². The van der Waals surface area contributed by atoms with Gasteiger partial charge in [-0.05, 0) is 37.8 Å². The largest absolute Gasteiger partial charge is 0.494 e. The van der Waals surface area contributed by atoms with Crippen molar-refractivity contribution in [2.75, 3.05) is 7.11 Å². The van der Waals surface area contributed by atoms with E-state index in [2.05, 4.69) is 9.82 Å². The summed E-state index contributed by atoms with van der Waals surface area (Å²) < 4.78 is 34.6. The monoisotopic (exact) mass is 379 g/mol. The molecule has 0 amide bonds. The fraction of sp³-hybridized carbons (Fsp3) is 0.412. The lowest BCUT2D eigenvalue weighted by Gasteiger charge is -2.26. The van der Waals surface area contributed by atoms with Gasteiger partial charge in [-0.1, -0.05) is 12.1 Å². The van der Waals surface area contributed by atoms with Gasteiger partial charge in [0.05, 0.1) is 25.4 Å². The van der Waals surface area contributed by atoms with Crippen LogP contribution in [0.1, 0.15) is 25.7 Å². The Balaban J connectivity index is 1.73. The summed E-state index contributed by atoms with van der Waals surface area (Å²) in [7, 11) is -2.19. The van der Waals surface area contributed by atoms with Crippen LogP contribution in [-0.2, 0) is 14.8 Å². The maximum atomic E-state index is 12.6. The van der Waals surface area contributed by atoms with Gasteiger partial charge in [0.15, 0.2) is 0 Å². The lowest BCUT2D eigenvalue weighted by atomic mass is 9.87. The van der Waals surface area contributed by atoms with E-state index < -0.39 is 16.0 Å². The molecular weight excluding hydrogens is 358 g/mol. The van der Waals surface area contributed by atoms with Crippen LogP contribution in [0.25, 0.3) is 5.69 Å². The van der Waals surface area contributed by atoms with Gasteiger partial charge in [0.1, 0.15) is 16.3 Å². The van der Waals surface area contributed by atoms with Crippen LogP contribution in [0.2, 0.25) is 0 Å². The van der Waals surface area contributed by atoms with E-state index in [1.54, 1.807) is 12.1 Å². The van der Waals surface area contributed by atoms with Gasteiger partial charge in [-0.15, -0.1) is 0 Å². The van der Waals surface area contributed by atoms with Crippen LogP contribution in [0.4, 0.5) is 0 Å². The summed E-state index contributed by atoms with van der Waals surface area (Å²) in [6.45, 7) is 0. The molecule has 9 heteroatoms. The molecule has 0 radical (unpaired) electrons. The molecule has 1 aromatic heterocycles. The highest BCUT2D eigenvalue weighted by molar-refractivity contribution is 7.89. The van der Waals surface area contributed by atoms with Crippen molar-refractivity contribution in [2.45, 2.75) is 36.6 Å². The first-order valence-corrected chi connectivity index (χ1v) is 9.82. The van der Waals surface area contributed by atoms with Crippen LogP contribution >= 0.6 is 0 Å². The molecule has 3 rings (SSSR count). The first kappa shape index (κ1) is 18.4. The number of benzene rings is 1. The standard InChI is InChI=1S/C17H21N3O5S/c1-25-16-5-3-2-4-15(16)20-11-14(10-18-20)26(23,24)19-13-8-6-12(7-9-13)17(21)22/h2-5,10-13,19H,6-9H2,1H3,(H,21,22). The second kappa shape index (κ2) is 7.46. The molecule has 8 nitrogen and oxygen atoms in total. The Kier molecular flexibility index (Phi) is 5.28. The van der Waals surface area contributed by atoms with Gasteiger partial charge in [0, 0.05) is 6.04 Å². The van der Waals surface area contributed by atoms with E-state index in [0.717, 1.165) is 0 Å². The molecule has 1 aliphatic carbocycles. The fourth-order valence-corrected chi connectivity index (χ4v) is 4.38. The van der Waals surface area contributed by atoms with Crippen molar-refractivity contribution >= 4 is 16.0 Å². The summed E-state index contributed by atoms with van der Waals surface area (Å²) in [5, 5.41) is 13.2. The molecule has 26 heavy (non-hydrogen) atoms. The Hall–Kier alpha value is -2.39. The number of sulfonamides is 1. The van der Waals surface area contributed by atoms with Gasteiger partial charge in [-0.3, -0.25) is 4.79 Å². The van der Waals surface area contributed by atoms with Crippen LogP contribution in [0.3, 0.4) is 0 Å². The first-order chi connectivity index (χ1) is 12.4. The van der Waals surface area contributed by atoms with Crippen LogP contribution in [0, 0.1) is 5.92 Å². The van der Waals surface area contributed by atoms with E-state index in [-0.39, 0.29) is 16.9 Å². The second-order valence-corrected chi connectivity index (χ2v) is 8.01. The predicted molar refractivity (Wildman–Crippen MR) is 93.8 cm³/mol. The summed E-state index contributed by atoms with van der Waals surface area (Å²) in [5.41, 5.74) is 0.637. The molecule has 140 valence electrons. The Morgan fingerprint density at radius 2 is 1.96 bits per heavy atom. The number of para-hydroxylation sites is 2. The highest BCUT2D eigenvalue weighted by Crippen LogP contribution is 2.26. The average Bonchev–Trinajstić information content (AvgIpc) is 3.13. The van der Waals surface area contributed by atoms with Crippen molar-refractivity contribution in [3.8, 4) is 11.4 Å². The molecule has 0 bridgehead atoms. The van der Waals surface area contributed by atoms with Crippen molar-refractivity contribution in [1.82, 2.24) is 14.5 Å². The van der Waals surface area contributed by atoms with Crippen molar-refractivity contribution in [2.24, 2.45) is 5.92 Å². The topological polar surface area (TPSA) is 111 Å². The van der Waals surface area contributed by atoms with Crippen molar-refractivity contribution in [3.63, 3.8) is 0 Å². The van der Waals surface area contributed by atoms with Gasteiger partial charge in [0.2, 0.25) is 10.0 Å². The molecule has 0 spiro atoms. The van der Waals surface area contributed by atoms with Crippen LogP contribution in [0.15, 0.2) is 41.6 Å². The third kappa shape index (κ3) is 3.88. The summed E-state index contributed by atoms with van der Waals surface area (Å²) in [5.74, 6) is -0.618. The number of methoxy groups -OCH3 is 1. The summed E-state index contributed by atoms with van der Waals surface area (Å²) in [6, 6.07) is 6.92. The Labute approximate surface area is 151 Å². The molecule has 1 aliphatic rings. The SMILES string of the molecule is COc1ccccc1-n1cc(S(=O)(=O)NC2CCC(C(=O)O)CC2)cn1. The number of hydrogen-bond acceptors (Lipinski definition) is 5. The number of rotatable bonds is 6. The van der Waals surface area contributed by atoms with Crippen molar-refractivity contribution in [1.29, 1.82) is 0 Å². The highest BCUT2D eigenvalue weighted by Gasteiger charge is 2.29. The second-order valence-electron chi connectivity index (χ2n) is 6.30. The molecule has 0 saturated heterocycles. The molecular formula is C17H21N3O5S. The molecule has 1 fully saturated rings. The third-order valence-electron chi connectivity index (χ3n) is 4.60. The van der Waals surface area contributed by atoms with Crippen LogP contribution in [-0.4, -0.2) is 42.4 Å². The maximum absolute atomic E-state index is 12.6. The Morgan fingerprint density at radius 3 is 2.62 bits per heavy atom. The minimum absolute atomic E-state index is 0.0590. The number of nitrogens with one attached hydrogen (secondary N) is 1. The number of carboxylic acid groups (broad SMARTS) is 1. The number of hydrogen-bond donors (Lipinski definition) is 2. The third-order valence-corrected chi connectivity index (χ3v) is 6.07. The molecule has 1 saturated carbocycles. The van der Waals surface area contributed by atoms with E-state index in [9.17, 15) is 13.2 Å². The van der Waals surface area contributed by atoms with E-state index in [1.165, 1.54) is 24.2 Å². The number of carboxylic acids is 1. The zero-order chi connectivity index (χ0) is 18.7. The Morgan fingerprint density at radius 1 is 1.27 bits per heavy atom. The fourth-order valence-electron chi connectivity index (χ4n) is 3.14. The van der Waals surface area contributed by atoms with Crippen molar-refractivity contribution < 1.29 is 23.1 Å². The van der Waals surface area contributed by atoms with E-state index in [1.807, 2.05) is 12.1 Å². The maximum Gasteiger partial charge on any atom is 0.306 e. The molecule has 0 unspecified atom stereocenters. The molecule has 0 aliphatic heterocycles. The minimum Gasteiger partial charge on any atom is -0.494 e. The van der Waals surface area contributed by atoms with Gasteiger partial charge in [0.25, 0.3) is 0 Å². The number of carbonyl (C=O) groups is 1. The normalized spacial score (nSPS) is 20.7. The minimum atomic E-state index is -3.73. The number of nitrogens with zero attached hydrogens (tertiary/aromatic N) is 2. The summed E-state index contributed by atoms with van der Waals surface area (Å²) >= 11 is 0. The smallest absolute Gasteiger partial charge is 0.306 e.